The van der Waals surface area contributed by atoms with Crippen molar-refractivity contribution in [1.82, 2.24) is 0 Å². The van der Waals surface area contributed by atoms with E-state index >= 15 is 0 Å². The number of rotatable bonds is 2. The molecule has 0 heterocycles. The summed E-state index contributed by atoms with van der Waals surface area (Å²) in [4.78, 5) is 0. The van der Waals surface area contributed by atoms with Crippen LogP contribution in [0.1, 0.15) is 31.7 Å². The van der Waals surface area contributed by atoms with Gasteiger partial charge in [0.1, 0.15) is 0 Å². The van der Waals surface area contributed by atoms with Crippen LogP contribution in [-0.4, -0.2) is 0 Å². The Hall–Kier alpha value is -0.560. The minimum Gasteiger partial charge on any atom is -0.198 e. The molecule has 1 aromatic rings. The fourth-order valence-corrected chi connectivity index (χ4v) is 3.05. The van der Waals surface area contributed by atoms with Gasteiger partial charge in [0, 0.05) is 3.57 Å². The van der Waals surface area contributed by atoms with Crippen LogP contribution in [0, 0.1) is 26.2 Å². The molecule has 0 spiro atoms. The van der Waals surface area contributed by atoms with Gasteiger partial charge in [-0.3, -0.25) is 0 Å². The van der Waals surface area contributed by atoms with Crippen LogP contribution >= 0.6 is 22.6 Å². The predicted octanol–water partition coefficient (Wildman–Crippen LogP) is 4.16. The molecule has 1 fully saturated rings. The Bertz CT molecular complexity index is 404. The number of hydrogen-bond donors (Lipinski definition) is 0. The predicted molar refractivity (Wildman–Crippen MR) is 73.9 cm³/mol. The average Bonchev–Trinajstić information content (AvgIpc) is 2.64. The summed E-state index contributed by atoms with van der Waals surface area (Å²) in [5.41, 5.74) is 1.21. The molecule has 84 valence electrons. The summed E-state index contributed by atoms with van der Waals surface area (Å²) in [7, 11) is 0. The first-order chi connectivity index (χ1) is 7.63. The van der Waals surface area contributed by atoms with Gasteiger partial charge in [-0.2, -0.15) is 5.26 Å². The van der Waals surface area contributed by atoms with Gasteiger partial charge in [0.15, 0.2) is 0 Å². The second-order valence-corrected chi connectivity index (χ2v) is 6.29. The van der Waals surface area contributed by atoms with Crippen molar-refractivity contribution in [3.63, 3.8) is 0 Å². The number of halogens is 1. The molecule has 2 heteroatoms. The number of nitriles is 1. The lowest BCUT2D eigenvalue weighted by Gasteiger charge is -2.20. The third-order valence-corrected chi connectivity index (χ3v) is 4.27. The van der Waals surface area contributed by atoms with Crippen LogP contribution in [0.15, 0.2) is 24.3 Å². The smallest absolute Gasteiger partial charge is 0.0693 e. The molecular weight excluding hydrogens is 309 g/mol. The van der Waals surface area contributed by atoms with Crippen LogP contribution in [0.2, 0.25) is 0 Å². The topological polar surface area (TPSA) is 23.8 Å². The Morgan fingerprint density at radius 3 is 2.62 bits per heavy atom. The van der Waals surface area contributed by atoms with E-state index < -0.39 is 0 Å². The molecule has 0 aromatic heterocycles. The van der Waals surface area contributed by atoms with Crippen LogP contribution in [0.25, 0.3) is 0 Å². The first-order valence-corrected chi connectivity index (χ1v) is 6.87. The molecule has 1 aromatic carbocycles. The van der Waals surface area contributed by atoms with Crippen molar-refractivity contribution in [3.05, 3.63) is 33.4 Å². The summed E-state index contributed by atoms with van der Waals surface area (Å²) >= 11 is 2.31. The maximum absolute atomic E-state index is 9.40. The van der Waals surface area contributed by atoms with Crippen LogP contribution in [0.3, 0.4) is 0 Å². The van der Waals surface area contributed by atoms with Gasteiger partial charge in [-0.25, -0.2) is 0 Å². The highest BCUT2D eigenvalue weighted by Crippen LogP contribution is 2.43. The molecular formula is C14H16IN. The number of benzene rings is 1. The van der Waals surface area contributed by atoms with Gasteiger partial charge >= 0.3 is 0 Å². The fraction of sp³-hybridized carbons (Fsp3) is 0.500. The standard InChI is InChI=1S/C14H16IN/c1-11-6-7-14(8-11,10-16)9-12-2-4-13(15)5-3-12/h2-5,11H,6-9H2,1H3. The maximum Gasteiger partial charge on any atom is 0.0693 e. The zero-order chi connectivity index (χ0) is 11.6. The summed E-state index contributed by atoms with van der Waals surface area (Å²) in [6.07, 6.45) is 4.26. The highest BCUT2D eigenvalue weighted by molar-refractivity contribution is 14.1. The first kappa shape index (κ1) is 11.9. The molecule has 0 radical (unpaired) electrons. The third-order valence-electron chi connectivity index (χ3n) is 3.55. The number of hydrogen-bond acceptors (Lipinski definition) is 1. The monoisotopic (exact) mass is 325 g/mol. The molecule has 0 amide bonds. The number of nitrogens with zero attached hydrogens (tertiary/aromatic N) is 1. The van der Waals surface area contributed by atoms with Gasteiger partial charge in [0.05, 0.1) is 11.5 Å². The van der Waals surface area contributed by atoms with Crippen molar-refractivity contribution in [3.8, 4) is 6.07 Å². The van der Waals surface area contributed by atoms with E-state index in [9.17, 15) is 5.26 Å². The molecule has 0 bridgehead atoms. The van der Waals surface area contributed by atoms with Crippen molar-refractivity contribution in [2.24, 2.45) is 11.3 Å². The summed E-state index contributed by atoms with van der Waals surface area (Å²) in [5, 5.41) is 9.40. The van der Waals surface area contributed by atoms with E-state index in [1.54, 1.807) is 0 Å². The molecule has 2 unspecified atom stereocenters. The lowest BCUT2D eigenvalue weighted by molar-refractivity contribution is 0.391. The van der Waals surface area contributed by atoms with Gasteiger partial charge in [-0.1, -0.05) is 19.1 Å². The maximum atomic E-state index is 9.40. The van der Waals surface area contributed by atoms with Crippen LogP contribution in [-0.2, 0) is 6.42 Å². The Labute approximate surface area is 111 Å². The summed E-state index contributed by atoms with van der Waals surface area (Å²) in [5.74, 6) is 0.712. The van der Waals surface area contributed by atoms with Crippen molar-refractivity contribution < 1.29 is 0 Å². The summed E-state index contributed by atoms with van der Waals surface area (Å²) in [6, 6.07) is 11.1. The molecule has 0 aliphatic heterocycles. The zero-order valence-electron chi connectivity index (χ0n) is 9.54. The molecule has 0 N–H and O–H groups in total. The van der Waals surface area contributed by atoms with Gasteiger partial charge in [-0.05, 0) is 71.9 Å². The Kier molecular flexibility index (Phi) is 3.53. The Morgan fingerprint density at radius 1 is 1.44 bits per heavy atom. The van der Waals surface area contributed by atoms with Gasteiger partial charge < -0.3 is 0 Å². The highest BCUT2D eigenvalue weighted by atomic mass is 127. The van der Waals surface area contributed by atoms with E-state index in [0.717, 1.165) is 19.3 Å². The van der Waals surface area contributed by atoms with Crippen molar-refractivity contribution in [2.75, 3.05) is 0 Å². The van der Waals surface area contributed by atoms with E-state index in [1.165, 1.54) is 15.6 Å². The van der Waals surface area contributed by atoms with E-state index in [2.05, 4.69) is 59.8 Å². The normalized spacial score (nSPS) is 28.9. The van der Waals surface area contributed by atoms with Crippen LogP contribution in [0.4, 0.5) is 0 Å². The van der Waals surface area contributed by atoms with Crippen molar-refractivity contribution in [1.29, 1.82) is 5.26 Å². The lowest BCUT2D eigenvalue weighted by Crippen LogP contribution is -2.17. The van der Waals surface area contributed by atoms with E-state index in [1.807, 2.05) is 0 Å². The minimum absolute atomic E-state index is 0.0911. The molecule has 0 saturated heterocycles. The molecule has 2 rings (SSSR count). The second kappa shape index (κ2) is 4.75. The lowest BCUT2D eigenvalue weighted by atomic mass is 9.81. The molecule has 1 aliphatic rings. The van der Waals surface area contributed by atoms with Crippen molar-refractivity contribution >= 4 is 22.6 Å². The van der Waals surface area contributed by atoms with E-state index in [0.29, 0.717) is 5.92 Å². The van der Waals surface area contributed by atoms with Crippen LogP contribution < -0.4 is 0 Å². The molecule has 1 aliphatic carbocycles. The highest BCUT2D eigenvalue weighted by Gasteiger charge is 2.37. The van der Waals surface area contributed by atoms with E-state index in [4.69, 9.17) is 0 Å². The Balaban J connectivity index is 2.14. The van der Waals surface area contributed by atoms with Crippen molar-refractivity contribution in [2.45, 2.75) is 32.6 Å². The molecule has 1 nitrogen and oxygen atoms in total. The zero-order valence-corrected chi connectivity index (χ0v) is 11.7. The van der Waals surface area contributed by atoms with E-state index in [-0.39, 0.29) is 5.41 Å². The Morgan fingerprint density at radius 2 is 2.12 bits per heavy atom. The van der Waals surface area contributed by atoms with Gasteiger partial charge in [0.25, 0.3) is 0 Å². The van der Waals surface area contributed by atoms with Gasteiger partial charge in [0.2, 0.25) is 0 Å². The SMILES string of the molecule is CC1CCC(C#N)(Cc2ccc(I)cc2)C1. The second-order valence-electron chi connectivity index (χ2n) is 5.04. The van der Waals surface area contributed by atoms with Gasteiger partial charge in [-0.15, -0.1) is 0 Å². The van der Waals surface area contributed by atoms with Crippen LogP contribution in [0.5, 0.6) is 0 Å². The third kappa shape index (κ3) is 2.57. The fourth-order valence-electron chi connectivity index (χ4n) is 2.69. The minimum atomic E-state index is -0.0911. The average molecular weight is 325 g/mol. The molecule has 1 saturated carbocycles. The molecule has 2 atom stereocenters. The summed E-state index contributed by atoms with van der Waals surface area (Å²) < 4.78 is 1.26. The first-order valence-electron chi connectivity index (χ1n) is 5.79. The quantitative estimate of drug-likeness (QED) is 0.749. The molecule has 16 heavy (non-hydrogen) atoms. The largest absolute Gasteiger partial charge is 0.198 e. The summed E-state index contributed by atoms with van der Waals surface area (Å²) in [6.45, 7) is 2.26.